The van der Waals surface area contributed by atoms with Gasteiger partial charge in [0.2, 0.25) is 5.91 Å². The summed E-state index contributed by atoms with van der Waals surface area (Å²) in [5, 5.41) is 2.77. The molecule has 132 valence electrons. The molecule has 0 unspecified atom stereocenters. The van der Waals surface area contributed by atoms with Crippen molar-refractivity contribution in [2.45, 2.75) is 26.3 Å². The van der Waals surface area contributed by atoms with Gasteiger partial charge < -0.3 is 10.1 Å². The molecular formula is C20H25N3O2. The van der Waals surface area contributed by atoms with Crippen LogP contribution in [0.5, 0.6) is 11.5 Å². The molecule has 5 heteroatoms. The number of nitrogens with one attached hydrogen (secondary N) is 1. The number of piperidine rings is 1. The molecule has 0 aliphatic carbocycles. The Bertz CT molecular complexity index is 718. The van der Waals surface area contributed by atoms with E-state index in [2.05, 4.69) is 34.3 Å². The van der Waals surface area contributed by atoms with Crippen molar-refractivity contribution in [3.63, 3.8) is 0 Å². The maximum absolute atomic E-state index is 11.9. The van der Waals surface area contributed by atoms with E-state index in [4.69, 9.17) is 4.74 Å². The standard InChI is InChI=1S/C20H25N3O2/c1-15-11-16(7-8-19(15)25-18-6-3-9-22-12-18)13-23-10-4-5-17(14-23)20(24)21-2/h3,6-9,11-12,17H,4-5,10,13-14H2,1-2H3,(H,21,24)/t17-/m1/s1. The molecule has 1 N–H and O–H groups in total. The van der Waals surface area contributed by atoms with Gasteiger partial charge in [-0.25, -0.2) is 0 Å². The summed E-state index contributed by atoms with van der Waals surface area (Å²) >= 11 is 0. The second-order valence-electron chi connectivity index (χ2n) is 6.58. The van der Waals surface area contributed by atoms with E-state index in [9.17, 15) is 4.79 Å². The summed E-state index contributed by atoms with van der Waals surface area (Å²) in [7, 11) is 1.71. The van der Waals surface area contributed by atoms with Crippen molar-refractivity contribution in [1.82, 2.24) is 15.2 Å². The summed E-state index contributed by atoms with van der Waals surface area (Å²) in [5.74, 6) is 1.84. The lowest BCUT2D eigenvalue weighted by atomic mass is 9.96. The highest BCUT2D eigenvalue weighted by atomic mass is 16.5. The molecule has 1 aromatic heterocycles. The van der Waals surface area contributed by atoms with Crippen molar-refractivity contribution in [1.29, 1.82) is 0 Å². The Morgan fingerprint density at radius 1 is 1.40 bits per heavy atom. The molecule has 0 saturated carbocycles. The van der Waals surface area contributed by atoms with E-state index in [0.717, 1.165) is 49.5 Å². The fraction of sp³-hybridized carbons (Fsp3) is 0.400. The first-order valence-corrected chi connectivity index (χ1v) is 8.77. The molecule has 2 heterocycles. The predicted octanol–water partition coefficient (Wildman–Crippen LogP) is 3.14. The second-order valence-corrected chi connectivity index (χ2v) is 6.58. The highest BCUT2D eigenvalue weighted by molar-refractivity contribution is 5.78. The van der Waals surface area contributed by atoms with Crippen LogP contribution >= 0.6 is 0 Å². The van der Waals surface area contributed by atoms with Gasteiger partial charge in [0.05, 0.1) is 12.1 Å². The van der Waals surface area contributed by atoms with Crippen molar-refractivity contribution < 1.29 is 9.53 Å². The largest absolute Gasteiger partial charge is 0.455 e. The number of carbonyl (C=O) groups is 1. The van der Waals surface area contributed by atoms with Crippen LogP contribution < -0.4 is 10.1 Å². The van der Waals surface area contributed by atoms with Crippen molar-refractivity contribution in [3.05, 3.63) is 53.9 Å². The van der Waals surface area contributed by atoms with E-state index in [-0.39, 0.29) is 11.8 Å². The monoisotopic (exact) mass is 339 g/mol. The van der Waals surface area contributed by atoms with E-state index in [1.165, 1.54) is 5.56 Å². The molecule has 3 rings (SSSR count). The molecule has 5 nitrogen and oxygen atoms in total. The van der Waals surface area contributed by atoms with Gasteiger partial charge in [-0.15, -0.1) is 0 Å². The number of aromatic nitrogens is 1. The minimum Gasteiger partial charge on any atom is -0.455 e. The number of pyridine rings is 1. The first-order chi connectivity index (χ1) is 12.2. The van der Waals surface area contributed by atoms with Crippen LogP contribution in [0.4, 0.5) is 0 Å². The third-order valence-corrected chi connectivity index (χ3v) is 4.63. The number of ether oxygens (including phenoxy) is 1. The minimum atomic E-state index is 0.105. The normalized spacial score (nSPS) is 17.9. The molecular weight excluding hydrogens is 314 g/mol. The van der Waals surface area contributed by atoms with E-state index < -0.39 is 0 Å². The molecule has 2 aromatic rings. The van der Waals surface area contributed by atoms with E-state index in [1.807, 2.05) is 18.2 Å². The minimum absolute atomic E-state index is 0.105. The number of amides is 1. The number of aryl methyl sites for hydroxylation is 1. The summed E-state index contributed by atoms with van der Waals surface area (Å²) in [4.78, 5) is 18.3. The van der Waals surface area contributed by atoms with Crippen LogP contribution in [0, 0.1) is 12.8 Å². The van der Waals surface area contributed by atoms with Gasteiger partial charge in [0, 0.05) is 26.3 Å². The zero-order valence-corrected chi connectivity index (χ0v) is 14.9. The molecule has 0 bridgehead atoms. The van der Waals surface area contributed by atoms with Gasteiger partial charge in [0.25, 0.3) is 0 Å². The first kappa shape index (κ1) is 17.4. The fourth-order valence-corrected chi connectivity index (χ4v) is 3.33. The van der Waals surface area contributed by atoms with Crippen LogP contribution in [0.2, 0.25) is 0 Å². The van der Waals surface area contributed by atoms with Gasteiger partial charge in [-0.3, -0.25) is 14.7 Å². The molecule has 0 radical (unpaired) electrons. The zero-order chi connectivity index (χ0) is 17.6. The van der Waals surface area contributed by atoms with Crippen molar-refractivity contribution in [2.75, 3.05) is 20.1 Å². The van der Waals surface area contributed by atoms with Gasteiger partial charge in [-0.1, -0.05) is 12.1 Å². The summed E-state index contributed by atoms with van der Waals surface area (Å²) in [6.07, 6.45) is 5.49. The number of hydrogen-bond donors (Lipinski definition) is 1. The first-order valence-electron chi connectivity index (χ1n) is 8.77. The Morgan fingerprint density at radius 2 is 2.28 bits per heavy atom. The molecule has 0 spiro atoms. The number of rotatable bonds is 5. The number of likely N-dealkylation sites (tertiary alicyclic amines) is 1. The summed E-state index contributed by atoms with van der Waals surface area (Å²) in [6.45, 7) is 4.79. The number of carbonyl (C=O) groups excluding carboxylic acids is 1. The molecule has 25 heavy (non-hydrogen) atoms. The zero-order valence-electron chi connectivity index (χ0n) is 14.9. The third-order valence-electron chi connectivity index (χ3n) is 4.63. The fourth-order valence-electron chi connectivity index (χ4n) is 3.33. The van der Waals surface area contributed by atoms with E-state index >= 15 is 0 Å². The maximum atomic E-state index is 11.9. The molecule has 1 saturated heterocycles. The quantitative estimate of drug-likeness (QED) is 0.909. The van der Waals surface area contributed by atoms with Crippen LogP contribution in [0.3, 0.4) is 0 Å². The third kappa shape index (κ3) is 4.57. The molecule has 1 aliphatic heterocycles. The molecule has 1 amide bonds. The Kier molecular flexibility index (Phi) is 5.66. The molecule has 1 atom stereocenters. The highest BCUT2D eigenvalue weighted by Gasteiger charge is 2.24. The lowest BCUT2D eigenvalue weighted by molar-refractivity contribution is -0.126. The highest BCUT2D eigenvalue weighted by Crippen LogP contribution is 2.26. The van der Waals surface area contributed by atoms with Crippen molar-refractivity contribution >= 4 is 5.91 Å². The number of hydrogen-bond acceptors (Lipinski definition) is 4. The number of benzene rings is 1. The van der Waals surface area contributed by atoms with Crippen LogP contribution in [0.25, 0.3) is 0 Å². The van der Waals surface area contributed by atoms with Gasteiger partial charge in [-0.2, -0.15) is 0 Å². The van der Waals surface area contributed by atoms with E-state index in [1.54, 1.807) is 19.4 Å². The SMILES string of the molecule is CNC(=O)[C@@H]1CCCN(Cc2ccc(Oc3cccnc3)c(C)c2)C1. The Labute approximate surface area is 149 Å². The Hall–Kier alpha value is -2.40. The summed E-state index contributed by atoms with van der Waals surface area (Å²) < 4.78 is 5.89. The van der Waals surface area contributed by atoms with Gasteiger partial charge in [0.15, 0.2) is 0 Å². The lowest BCUT2D eigenvalue weighted by Gasteiger charge is -2.31. The summed E-state index contributed by atoms with van der Waals surface area (Å²) in [6, 6.07) is 10.0. The van der Waals surface area contributed by atoms with Crippen LogP contribution in [-0.4, -0.2) is 35.9 Å². The van der Waals surface area contributed by atoms with Crippen LogP contribution in [0.1, 0.15) is 24.0 Å². The van der Waals surface area contributed by atoms with Crippen molar-refractivity contribution in [2.24, 2.45) is 5.92 Å². The maximum Gasteiger partial charge on any atom is 0.224 e. The van der Waals surface area contributed by atoms with Gasteiger partial charge in [-0.05, 0) is 55.6 Å². The smallest absolute Gasteiger partial charge is 0.224 e. The molecule has 1 aromatic carbocycles. The summed E-state index contributed by atoms with van der Waals surface area (Å²) in [5.41, 5.74) is 2.34. The van der Waals surface area contributed by atoms with Crippen LogP contribution in [-0.2, 0) is 11.3 Å². The average molecular weight is 339 g/mol. The lowest BCUT2D eigenvalue weighted by Crippen LogP contribution is -2.41. The van der Waals surface area contributed by atoms with Crippen LogP contribution in [0.15, 0.2) is 42.7 Å². The predicted molar refractivity (Wildman–Crippen MR) is 97.6 cm³/mol. The van der Waals surface area contributed by atoms with E-state index in [0.29, 0.717) is 0 Å². The van der Waals surface area contributed by atoms with Gasteiger partial charge in [0.1, 0.15) is 11.5 Å². The average Bonchev–Trinajstić information content (AvgIpc) is 2.64. The van der Waals surface area contributed by atoms with Gasteiger partial charge >= 0.3 is 0 Å². The van der Waals surface area contributed by atoms with Crippen molar-refractivity contribution in [3.8, 4) is 11.5 Å². The Morgan fingerprint density at radius 3 is 3.00 bits per heavy atom. The topological polar surface area (TPSA) is 54.5 Å². The Balaban J connectivity index is 1.63. The number of nitrogens with zero attached hydrogens (tertiary/aromatic N) is 2. The molecule has 1 aliphatic rings. The second kappa shape index (κ2) is 8.12. The molecule has 1 fully saturated rings.